The summed E-state index contributed by atoms with van der Waals surface area (Å²) in [6.45, 7) is 0. The number of nitrogens with zero attached hydrogens (tertiary/aromatic N) is 2. The number of halogens is 1. The third kappa shape index (κ3) is 3.76. The van der Waals surface area contributed by atoms with Crippen molar-refractivity contribution in [1.82, 2.24) is 10.1 Å². The van der Waals surface area contributed by atoms with Gasteiger partial charge in [0.2, 0.25) is 11.7 Å². The Hall–Kier alpha value is -1.79. The Morgan fingerprint density at radius 3 is 2.65 bits per heavy atom. The second-order valence-corrected chi connectivity index (χ2v) is 5.65. The minimum atomic E-state index is 0. The Morgan fingerprint density at radius 2 is 1.96 bits per heavy atom. The van der Waals surface area contributed by atoms with E-state index in [1.807, 2.05) is 18.2 Å². The van der Waals surface area contributed by atoms with E-state index in [0.29, 0.717) is 23.2 Å². The molecule has 0 radical (unpaired) electrons. The van der Waals surface area contributed by atoms with Crippen LogP contribution in [-0.2, 0) is 0 Å². The zero-order valence-corrected chi connectivity index (χ0v) is 14.1. The van der Waals surface area contributed by atoms with Gasteiger partial charge in [-0.3, -0.25) is 0 Å². The standard InChI is InChI=1S/C16H21N3O3.ClH/c1-20-13-7-6-10(9-14(13)21-2)15-18-16(22-19-15)11-4-3-5-12(17)8-11;/h6-7,9,11-12H,3-5,8,17H2,1-2H3;1H. The minimum Gasteiger partial charge on any atom is -0.493 e. The van der Waals surface area contributed by atoms with E-state index in [1.165, 1.54) is 0 Å². The van der Waals surface area contributed by atoms with E-state index in [-0.39, 0.29) is 24.4 Å². The van der Waals surface area contributed by atoms with Crippen LogP contribution in [0.1, 0.15) is 37.5 Å². The first-order valence-corrected chi connectivity index (χ1v) is 7.53. The molecular weight excluding hydrogens is 318 g/mol. The fraction of sp³-hybridized carbons (Fsp3) is 0.500. The van der Waals surface area contributed by atoms with Gasteiger partial charge in [0.1, 0.15) is 0 Å². The molecule has 23 heavy (non-hydrogen) atoms. The number of ether oxygens (including phenoxy) is 2. The summed E-state index contributed by atoms with van der Waals surface area (Å²) in [6.07, 6.45) is 4.15. The number of rotatable bonds is 4. The number of benzene rings is 1. The van der Waals surface area contributed by atoms with E-state index in [0.717, 1.165) is 31.2 Å². The molecule has 2 atom stereocenters. The molecule has 1 aromatic heterocycles. The largest absolute Gasteiger partial charge is 0.493 e. The fourth-order valence-electron chi connectivity index (χ4n) is 2.95. The number of aromatic nitrogens is 2. The van der Waals surface area contributed by atoms with Crippen LogP contribution in [0.25, 0.3) is 11.4 Å². The summed E-state index contributed by atoms with van der Waals surface area (Å²) in [7, 11) is 3.21. The topological polar surface area (TPSA) is 83.4 Å². The molecule has 2 aromatic rings. The zero-order valence-electron chi connectivity index (χ0n) is 13.3. The molecule has 0 amide bonds. The van der Waals surface area contributed by atoms with E-state index < -0.39 is 0 Å². The molecule has 0 bridgehead atoms. The number of hydrogen-bond acceptors (Lipinski definition) is 6. The maximum Gasteiger partial charge on any atom is 0.230 e. The molecular formula is C16H22ClN3O3. The molecule has 0 spiro atoms. The van der Waals surface area contributed by atoms with Gasteiger partial charge in [-0.2, -0.15) is 4.98 Å². The molecule has 0 aliphatic heterocycles. The SMILES string of the molecule is COc1ccc(-c2noc(C3CCCC(N)C3)n2)cc1OC.Cl. The van der Waals surface area contributed by atoms with Crippen molar-refractivity contribution in [3.05, 3.63) is 24.1 Å². The van der Waals surface area contributed by atoms with Gasteiger partial charge in [0, 0.05) is 17.5 Å². The lowest BCUT2D eigenvalue weighted by Gasteiger charge is -2.23. The van der Waals surface area contributed by atoms with Gasteiger partial charge < -0.3 is 19.7 Å². The van der Waals surface area contributed by atoms with Crippen molar-refractivity contribution in [3.63, 3.8) is 0 Å². The molecule has 6 nitrogen and oxygen atoms in total. The maximum absolute atomic E-state index is 6.03. The third-order valence-electron chi connectivity index (χ3n) is 4.15. The van der Waals surface area contributed by atoms with E-state index in [4.69, 9.17) is 19.7 Å². The number of nitrogens with two attached hydrogens (primary N) is 1. The summed E-state index contributed by atoms with van der Waals surface area (Å²) in [5, 5.41) is 4.09. The monoisotopic (exact) mass is 339 g/mol. The van der Waals surface area contributed by atoms with Crippen LogP contribution < -0.4 is 15.2 Å². The van der Waals surface area contributed by atoms with E-state index in [1.54, 1.807) is 14.2 Å². The predicted molar refractivity (Wildman–Crippen MR) is 89.3 cm³/mol. The smallest absolute Gasteiger partial charge is 0.230 e. The molecule has 1 saturated carbocycles. The number of methoxy groups -OCH3 is 2. The summed E-state index contributed by atoms with van der Waals surface area (Å²) in [5.74, 6) is 2.83. The van der Waals surface area contributed by atoms with E-state index in [9.17, 15) is 0 Å². The van der Waals surface area contributed by atoms with Crippen LogP contribution in [0.2, 0.25) is 0 Å². The van der Waals surface area contributed by atoms with Crippen molar-refractivity contribution in [1.29, 1.82) is 0 Å². The normalized spacial score (nSPS) is 20.7. The highest BCUT2D eigenvalue weighted by Crippen LogP contribution is 2.34. The minimum absolute atomic E-state index is 0. The van der Waals surface area contributed by atoms with Gasteiger partial charge in [-0.1, -0.05) is 11.6 Å². The Bertz CT molecular complexity index is 647. The van der Waals surface area contributed by atoms with Crippen LogP contribution in [0, 0.1) is 0 Å². The molecule has 126 valence electrons. The van der Waals surface area contributed by atoms with Crippen LogP contribution >= 0.6 is 12.4 Å². The summed E-state index contributed by atoms with van der Waals surface area (Å²) in [6, 6.07) is 5.80. The van der Waals surface area contributed by atoms with Crippen LogP contribution in [0.3, 0.4) is 0 Å². The lowest BCUT2D eigenvalue weighted by Crippen LogP contribution is -2.26. The van der Waals surface area contributed by atoms with Gasteiger partial charge in [0.25, 0.3) is 0 Å². The van der Waals surface area contributed by atoms with Crippen molar-refractivity contribution < 1.29 is 14.0 Å². The fourth-order valence-corrected chi connectivity index (χ4v) is 2.95. The Morgan fingerprint density at radius 1 is 1.17 bits per heavy atom. The van der Waals surface area contributed by atoms with E-state index >= 15 is 0 Å². The van der Waals surface area contributed by atoms with Gasteiger partial charge in [-0.05, 0) is 37.5 Å². The van der Waals surface area contributed by atoms with Gasteiger partial charge in [0.15, 0.2) is 11.5 Å². The molecule has 1 heterocycles. The quantitative estimate of drug-likeness (QED) is 0.921. The van der Waals surface area contributed by atoms with Crippen LogP contribution in [-0.4, -0.2) is 30.4 Å². The van der Waals surface area contributed by atoms with Crippen LogP contribution in [0.15, 0.2) is 22.7 Å². The predicted octanol–water partition coefficient (Wildman–Crippen LogP) is 3.16. The van der Waals surface area contributed by atoms with Gasteiger partial charge in [-0.15, -0.1) is 12.4 Å². The highest BCUT2D eigenvalue weighted by atomic mass is 35.5. The molecule has 2 N–H and O–H groups in total. The Balaban J connectivity index is 0.00000192. The Labute approximate surface area is 141 Å². The third-order valence-corrected chi connectivity index (χ3v) is 4.15. The maximum atomic E-state index is 6.03. The van der Waals surface area contributed by atoms with Gasteiger partial charge in [0.05, 0.1) is 14.2 Å². The van der Waals surface area contributed by atoms with Crippen molar-refractivity contribution in [2.45, 2.75) is 37.6 Å². The first-order chi connectivity index (χ1) is 10.7. The van der Waals surface area contributed by atoms with Crippen molar-refractivity contribution in [2.24, 2.45) is 5.73 Å². The van der Waals surface area contributed by atoms with E-state index in [2.05, 4.69) is 10.1 Å². The molecule has 3 rings (SSSR count). The molecule has 1 aliphatic carbocycles. The van der Waals surface area contributed by atoms with Gasteiger partial charge in [-0.25, -0.2) is 0 Å². The van der Waals surface area contributed by atoms with Gasteiger partial charge >= 0.3 is 0 Å². The van der Waals surface area contributed by atoms with Crippen molar-refractivity contribution in [3.8, 4) is 22.9 Å². The van der Waals surface area contributed by atoms with Crippen molar-refractivity contribution >= 4 is 12.4 Å². The highest BCUT2D eigenvalue weighted by molar-refractivity contribution is 5.85. The Kier molecular flexibility index (Phi) is 5.85. The zero-order chi connectivity index (χ0) is 15.5. The van der Waals surface area contributed by atoms with Crippen LogP contribution in [0.5, 0.6) is 11.5 Å². The average molecular weight is 340 g/mol. The average Bonchev–Trinajstić information content (AvgIpc) is 3.04. The first kappa shape index (κ1) is 17.6. The summed E-state index contributed by atoms with van der Waals surface area (Å²) < 4.78 is 16.0. The molecule has 0 saturated heterocycles. The summed E-state index contributed by atoms with van der Waals surface area (Å²) in [4.78, 5) is 4.54. The molecule has 1 fully saturated rings. The lowest BCUT2D eigenvalue weighted by molar-refractivity contribution is 0.299. The number of hydrogen-bond donors (Lipinski definition) is 1. The highest BCUT2D eigenvalue weighted by Gasteiger charge is 2.25. The lowest BCUT2D eigenvalue weighted by atomic mass is 9.86. The van der Waals surface area contributed by atoms with Crippen molar-refractivity contribution in [2.75, 3.05) is 14.2 Å². The molecule has 7 heteroatoms. The second kappa shape index (κ2) is 7.66. The van der Waals surface area contributed by atoms with Crippen LogP contribution in [0.4, 0.5) is 0 Å². The molecule has 1 aliphatic rings. The first-order valence-electron chi connectivity index (χ1n) is 7.53. The summed E-state index contributed by atoms with van der Waals surface area (Å²) in [5.41, 5.74) is 6.87. The summed E-state index contributed by atoms with van der Waals surface area (Å²) >= 11 is 0. The molecule has 2 unspecified atom stereocenters. The second-order valence-electron chi connectivity index (χ2n) is 5.65. The molecule has 1 aromatic carbocycles.